The Morgan fingerprint density at radius 1 is 1.29 bits per heavy atom. The minimum Gasteiger partial charge on any atom is -0.465 e. The molecule has 1 unspecified atom stereocenters. The van der Waals surface area contributed by atoms with Crippen molar-refractivity contribution in [2.24, 2.45) is 0 Å². The second-order valence-electron chi connectivity index (χ2n) is 5.50. The van der Waals surface area contributed by atoms with E-state index >= 15 is 0 Å². The predicted molar refractivity (Wildman–Crippen MR) is 78.9 cm³/mol. The molecule has 1 aliphatic heterocycles. The summed E-state index contributed by atoms with van der Waals surface area (Å²) in [6.45, 7) is 3.56. The molecule has 0 aromatic rings. The summed E-state index contributed by atoms with van der Waals surface area (Å²) in [7, 11) is -3.60. The van der Waals surface area contributed by atoms with Crippen molar-refractivity contribution >= 4 is 16.2 Å². The molecule has 0 spiro atoms. The van der Waals surface area contributed by atoms with Crippen LogP contribution in [0.25, 0.3) is 0 Å². The third kappa shape index (κ3) is 4.91. The molecule has 8 heteroatoms. The van der Waals surface area contributed by atoms with Crippen LogP contribution in [0.1, 0.15) is 39.0 Å². The van der Waals surface area contributed by atoms with Gasteiger partial charge in [-0.25, -0.2) is 4.72 Å². The fourth-order valence-electron chi connectivity index (χ4n) is 2.47. The SMILES string of the molecule is CCOC(=O)C1CCCN1S(=O)(=O)NCCCNC1CC1. The Balaban J connectivity index is 1.77. The molecule has 1 aliphatic carbocycles. The van der Waals surface area contributed by atoms with Gasteiger partial charge in [0.1, 0.15) is 6.04 Å². The van der Waals surface area contributed by atoms with Gasteiger partial charge in [0.25, 0.3) is 10.2 Å². The van der Waals surface area contributed by atoms with E-state index in [2.05, 4.69) is 10.0 Å². The maximum absolute atomic E-state index is 12.2. The number of hydrogen-bond acceptors (Lipinski definition) is 5. The molecule has 0 bridgehead atoms. The van der Waals surface area contributed by atoms with Crippen LogP contribution in [-0.2, 0) is 19.7 Å². The van der Waals surface area contributed by atoms with Crippen LogP contribution in [-0.4, -0.2) is 57.0 Å². The summed E-state index contributed by atoms with van der Waals surface area (Å²) >= 11 is 0. The van der Waals surface area contributed by atoms with E-state index < -0.39 is 22.2 Å². The Bertz CT molecular complexity index is 450. The minimum atomic E-state index is -3.60. The summed E-state index contributed by atoms with van der Waals surface area (Å²) in [5, 5.41) is 3.33. The molecule has 7 nitrogen and oxygen atoms in total. The summed E-state index contributed by atoms with van der Waals surface area (Å²) in [4.78, 5) is 11.8. The molecule has 1 heterocycles. The highest BCUT2D eigenvalue weighted by atomic mass is 32.2. The van der Waals surface area contributed by atoms with Gasteiger partial charge in [-0.15, -0.1) is 0 Å². The molecule has 2 aliphatic rings. The summed E-state index contributed by atoms with van der Waals surface area (Å²) in [6, 6.07) is -0.0413. The summed E-state index contributed by atoms with van der Waals surface area (Å²) < 4.78 is 33.2. The van der Waals surface area contributed by atoms with E-state index in [1.165, 1.54) is 17.1 Å². The van der Waals surface area contributed by atoms with Gasteiger partial charge in [-0.05, 0) is 45.6 Å². The van der Waals surface area contributed by atoms with Gasteiger partial charge in [-0.3, -0.25) is 4.79 Å². The normalized spacial score (nSPS) is 23.4. The maximum Gasteiger partial charge on any atom is 0.324 e. The molecule has 0 aromatic heterocycles. The molecule has 1 saturated heterocycles. The molecule has 122 valence electrons. The van der Waals surface area contributed by atoms with E-state index in [1.54, 1.807) is 6.92 Å². The molecule has 0 amide bonds. The average Bonchev–Trinajstić information content (AvgIpc) is 3.11. The second-order valence-corrected chi connectivity index (χ2v) is 7.21. The van der Waals surface area contributed by atoms with E-state index in [1.807, 2.05) is 0 Å². The zero-order valence-corrected chi connectivity index (χ0v) is 13.3. The number of nitrogens with one attached hydrogen (secondary N) is 2. The predicted octanol–water partition coefficient (Wildman–Crippen LogP) is -0.00960. The molecular weight excluding hydrogens is 294 g/mol. The first kappa shape index (κ1) is 16.7. The lowest BCUT2D eigenvalue weighted by atomic mass is 10.2. The molecule has 0 aromatic carbocycles. The standard InChI is InChI=1S/C13H25N3O4S/c1-2-20-13(17)12-5-3-10-16(12)21(18,19)15-9-4-8-14-11-6-7-11/h11-12,14-15H,2-10H2,1H3. The smallest absolute Gasteiger partial charge is 0.324 e. The second kappa shape index (κ2) is 7.53. The van der Waals surface area contributed by atoms with Gasteiger partial charge in [-0.1, -0.05) is 0 Å². The zero-order chi connectivity index (χ0) is 15.3. The first-order valence-corrected chi connectivity index (χ1v) is 9.15. The Morgan fingerprint density at radius 3 is 2.71 bits per heavy atom. The highest BCUT2D eigenvalue weighted by Crippen LogP contribution is 2.21. The molecule has 2 N–H and O–H groups in total. The number of nitrogens with zero attached hydrogens (tertiary/aromatic N) is 1. The van der Waals surface area contributed by atoms with Gasteiger partial charge >= 0.3 is 5.97 Å². The number of rotatable bonds is 9. The van der Waals surface area contributed by atoms with Gasteiger partial charge in [0.15, 0.2) is 0 Å². The molecule has 1 saturated carbocycles. The lowest BCUT2D eigenvalue weighted by Crippen LogP contribution is -2.47. The van der Waals surface area contributed by atoms with Gasteiger partial charge in [0.2, 0.25) is 0 Å². The van der Waals surface area contributed by atoms with Crippen LogP contribution < -0.4 is 10.0 Å². The van der Waals surface area contributed by atoms with Crippen molar-refractivity contribution in [2.45, 2.75) is 51.1 Å². The number of esters is 1. The largest absolute Gasteiger partial charge is 0.465 e. The third-order valence-corrected chi connectivity index (χ3v) is 5.34. The topological polar surface area (TPSA) is 87.7 Å². The molecular formula is C13H25N3O4S. The fourth-order valence-corrected chi connectivity index (χ4v) is 3.93. The molecule has 2 rings (SSSR count). The number of carbonyl (C=O) groups excluding carboxylic acids is 1. The van der Waals surface area contributed by atoms with Crippen molar-refractivity contribution in [3.63, 3.8) is 0 Å². The number of carbonyl (C=O) groups is 1. The van der Waals surface area contributed by atoms with Crippen LogP contribution in [0.5, 0.6) is 0 Å². The van der Waals surface area contributed by atoms with Crippen molar-refractivity contribution < 1.29 is 17.9 Å². The third-order valence-electron chi connectivity index (χ3n) is 3.72. The zero-order valence-electron chi connectivity index (χ0n) is 12.5. The Morgan fingerprint density at radius 2 is 2.05 bits per heavy atom. The van der Waals surface area contributed by atoms with Crippen molar-refractivity contribution in [3.05, 3.63) is 0 Å². The van der Waals surface area contributed by atoms with Gasteiger partial charge in [0.05, 0.1) is 6.61 Å². The van der Waals surface area contributed by atoms with Crippen LogP contribution in [0.2, 0.25) is 0 Å². The van der Waals surface area contributed by atoms with E-state index in [4.69, 9.17) is 4.74 Å². The molecule has 21 heavy (non-hydrogen) atoms. The fraction of sp³-hybridized carbons (Fsp3) is 0.923. The lowest BCUT2D eigenvalue weighted by molar-refractivity contribution is -0.146. The van der Waals surface area contributed by atoms with Crippen LogP contribution in [0.4, 0.5) is 0 Å². The van der Waals surface area contributed by atoms with Gasteiger partial charge in [-0.2, -0.15) is 12.7 Å². The van der Waals surface area contributed by atoms with Gasteiger partial charge in [0, 0.05) is 19.1 Å². The van der Waals surface area contributed by atoms with Crippen LogP contribution in [0.15, 0.2) is 0 Å². The minimum absolute atomic E-state index is 0.267. The monoisotopic (exact) mass is 319 g/mol. The van der Waals surface area contributed by atoms with Crippen LogP contribution in [0, 0.1) is 0 Å². The first-order chi connectivity index (χ1) is 10.0. The highest BCUT2D eigenvalue weighted by molar-refractivity contribution is 7.87. The number of ether oxygens (including phenoxy) is 1. The Labute approximate surface area is 126 Å². The van der Waals surface area contributed by atoms with Crippen molar-refractivity contribution in [1.82, 2.24) is 14.3 Å². The molecule has 2 fully saturated rings. The summed E-state index contributed by atoms with van der Waals surface area (Å²) in [5.74, 6) is -0.448. The quantitative estimate of drug-likeness (QED) is 0.461. The van der Waals surface area contributed by atoms with Crippen LogP contribution >= 0.6 is 0 Å². The van der Waals surface area contributed by atoms with E-state index in [0.29, 0.717) is 32.0 Å². The number of hydrogen-bond donors (Lipinski definition) is 2. The first-order valence-electron chi connectivity index (χ1n) is 7.71. The molecule has 1 atom stereocenters. The summed E-state index contributed by atoms with van der Waals surface area (Å²) in [5.41, 5.74) is 0. The van der Waals surface area contributed by atoms with Crippen molar-refractivity contribution in [1.29, 1.82) is 0 Å². The Kier molecular flexibility index (Phi) is 5.98. The van der Waals surface area contributed by atoms with Crippen molar-refractivity contribution in [3.8, 4) is 0 Å². The highest BCUT2D eigenvalue weighted by Gasteiger charge is 2.39. The molecule has 0 radical (unpaired) electrons. The van der Waals surface area contributed by atoms with E-state index in [0.717, 1.165) is 13.0 Å². The van der Waals surface area contributed by atoms with Gasteiger partial charge < -0.3 is 10.1 Å². The lowest BCUT2D eigenvalue weighted by Gasteiger charge is -2.22. The average molecular weight is 319 g/mol. The Hall–Kier alpha value is -0.700. The summed E-state index contributed by atoms with van der Waals surface area (Å²) in [6.07, 6.45) is 4.41. The van der Waals surface area contributed by atoms with Crippen molar-refractivity contribution in [2.75, 3.05) is 26.2 Å². The van der Waals surface area contributed by atoms with Crippen LogP contribution in [0.3, 0.4) is 0 Å². The van der Waals surface area contributed by atoms with E-state index in [-0.39, 0.29) is 6.61 Å². The maximum atomic E-state index is 12.2. The van der Waals surface area contributed by atoms with E-state index in [9.17, 15) is 13.2 Å².